The van der Waals surface area contributed by atoms with Crippen molar-refractivity contribution >= 4 is 56.1 Å². The summed E-state index contributed by atoms with van der Waals surface area (Å²) in [4.78, 5) is 4.53. The summed E-state index contributed by atoms with van der Waals surface area (Å²) < 4.78 is 0.843. The maximum absolute atomic E-state index is 6.20. The molecule has 0 bridgehead atoms. The number of nitrogen functional groups attached to an aromatic ring is 2. The molecule has 0 unspecified atom stereocenters. The van der Waals surface area contributed by atoms with Gasteiger partial charge in [-0.15, -0.1) is 11.3 Å². The summed E-state index contributed by atoms with van der Waals surface area (Å²) in [7, 11) is 0. The molecule has 0 saturated heterocycles. The summed E-state index contributed by atoms with van der Waals surface area (Å²) in [5.41, 5.74) is 14.3. The first-order valence-electron chi connectivity index (χ1n) is 5.46. The van der Waals surface area contributed by atoms with E-state index in [1.165, 1.54) is 11.3 Å². The van der Waals surface area contributed by atoms with E-state index in [0.29, 0.717) is 15.7 Å². The lowest BCUT2D eigenvalue weighted by molar-refractivity contribution is 1.48. The maximum Gasteiger partial charge on any atom is 0.124 e. The molecule has 0 fully saturated rings. The van der Waals surface area contributed by atoms with Crippen LogP contribution in [0.15, 0.2) is 30.3 Å². The standard InChI is InChI=1S/C13H9Cl2N3S/c14-8-5-9-12(10(15)11(8)17)19-13(18-9)6-1-3-7(16)4-2-6/h1-5H,16-17H2. The monoisotopic (exact) mass is 309 g/mol. The maximum atomic E-state index is 6.20. The Balaban J connectivity index is 2.22. The molecule has 2 aromatic carbocycles. The lowest BCUT2D eigenvalue weighted by Crippen LogP contribution is -1.87. The van der Waals surface area contributed by atoms with Gasteiger partial charge in [-0.3, -0.25) is 0 Å². The molecule has 0 atom stereocenters. The van der Waals surface area contributed by atoms with Crippen molar-refractivity contribution in [3.05, 3.63) is 40.4 Å². The molecule has 0 amide bonds. The first-order valence-corrected chi connectivity index (χ1v) is 7.03. The van der Waals surface area contributed by atoms with E-state index < -0.39 is 0 Å². The Morgan fingerprint density at radius 3 is 2.42 bits per heavy atom. The van der Waals surface area contributed by atoms with Gasteiger partial charge in [0.2, 0.25) is 0 Å². The number of aromatic nitrogens is 1. The molecule has 3 nitrogen and oxygen atoms in total. The summed E-state index contributed by atoms with van der Waals surface area (Å²) in [5.74, 6) is 0. The third kappa shape index (κ3) is 2.12. The molecule has 0 aliphatic rings. The van der Waals surface area contributed by atoms with E-state index in [1.54, 1.807) is 6.07 Å². The Hall–Kier alpha value is -1.49. The zero-order valence-corrected chi connectivity index (χ0v) is 12.0. The first kappa shape index (κ1) is 12.5. The number of anilines is 2. The highest BCUT2D eigenvalue weighted by Gasteiger charge is 2.13. The second-order valence-electron chi connectivity index (χ2n) is 4.08. The summed E-state index contributed by atoms with van der Waals surface area (Å²) >= 11 is 13.7. The van der Waals surface area contributed by atoms with Crippen LogP contribution in [0.3, 0.4) is 0 Å². The fraction of sp³-hybridized carbons (Fsp3) is 0. The molecular formula is C13H9Cl2N3S. The molecule has 0 aliphatic carbocycles. The molecular weight excluding hydrogens is 301 g/mol. The van der Waals surface area contributed by atoms with E-state index in [9.17, 15) is 0 Å². The minimum absolute atomic E-state index is 0.392. The molecule has 96 valence electrons. The average Bonchev–Trinajstić information content (AvgIpc) is 2.81. The van der Waals surface area contributed by atoms with Crippen LogP contribution in [0.2, 0.25) is 10.0 Å². The minimum Gasteiger partial charge on any atom is -0.399 e. The molecule has 4 N–H and O–H groups in total. The Bertz CT molecular complexity index is 766. The van der Waals surface area contributed by atoms with Crippen LogP contribution < -0.4 is 11.5 Å². The van der Waals surface area contributed by atoms with Gasteiger partial charge in [0.25, 0.3) is 0 Å². The van der Waals surface area contributed by atoms with Crippen molar-refractivity contribution in [3.63, 3.8) is 0 Å². The Morgan fingerprint density at radius 2 is 1.74 bits per heavy atom. The van der Waals surface area contributed by atoms with Crippen molar-refractivity contribution in [2.45, 2.75) is 0 Å². The molecule has 19 heavy (non-hydrogen) atoms. The molecule has 1 aromatic heterocycles. The molecule has 6 heteroatoms. The van der Waals surface area contributed by atoms with Gasteiger partial charge in [-0.05, 0) is 30.3 Å². The lowest BCUT2D eigenvalue weighted by Gasteiger charge is -2.00. The van der Waals surface area contributed by atoms with Crippen molar-refractivity contribution in [2.75, 3.05) is 11.5 Å². The molecule has 0 saturated carbocycles. The van der Waals surface area contributed by atoms with Crippen molar-refractivity contribution in [3.8, 4) is 10.6 Å². The zero-order chi connectivity index (χ0) is 13.6. The number of hydrogen-bond donors (Lipinski definition) is 2. The topological polar surface area (TPSA) is 64.9 Å². The molecule has 3 rings (SSSR count). The van der Waals surface area contributed by atoms with Crippen LogP contribution in [-0.4, -0.2) is 4.98 Å². The molecule has 0 aliphatic heterocycles. The van der Waals surface area contributed by atoms with Gasteiger partial charge in [-0.1, -0.05) is 23.2 Å². The van der Waals surface area contributed by atoms with Crippen LogP contribution >= 0.6 is 34.5 Å². The number of hydrogen-bond acceptors (Lipinski definition) is 4. The SMILES string of the molecule is Nc1ccc(-c2nc3cc(Cl)c(N)c(Cl)c3s2)cc1. The molecule has 3 aromatic rings. The van der Waals surface area contributed by atoms with Crippen molar-refractivity contribution < 1.29 is 0 Å². The predicted molar refractivity (Wildman–Crippen MR) is 83.9 cm³/mol. The fourth-order valence-electron chi connectivity index (χ4n) is 1.76. The van der Waals surface area contributed by atoms with E-state index in [-0.39, 0.29) is 0 Å². The van der Waals surface area contributed by atoms with Crippen LogP contribution in [0, 0.1) is 0 Å². The normalized spacial score (nSPS) is 11.1. The highest BCUT2D eigenvalue weighted by molar-refractivity contribution is 7.22. The highest BCUT2D eigenvalue weighted by atomic mass is 35.5. The van der Waals surface area contributed by atoms with Gasteiger partial charge in [-0.25, -0.2) is 4.98 Å². The zero-order valence-electron chi connectivity index (χ0n) is 9.65. The smallest absolute Gasteiger partial charge is 0.124 e. The largest absolute Gasteiger partial charge is 0.399 e. The minimum atomic E-state index is 0.392. The predicted octanol–water partition coefficient (Wildman–Crippen LogP) is 4.43. The average molecular weight is 310 g/mol. The third-order valence-electron chi connectivity index (χ3n) is 2.77. The van der Waals surface area contributed by atoms with Gasteiger partial charge < -0.3 is 11.5 Å². The summed E-state index contributed by atoms with van der Waals surface area (Å²) in [6.45, 7) is 0. The highest BCUT2D eigenvalue weighted by Crippen LogP contribution is 2.40. The Labute approximate surface area is 123 Å². The lowest BCUT2D eigenvalue weighted by atomic mass is 10.2. The third-order valence-corrected chi connectivity index (χ3v) is 4.72. The van der Waals surface area contributed by atoms with Crippen LogP contribution in [0.4, 0.5) is 11.4 Å². The second-order valence-corrected chi connectivity index (χ2v) is 5.86. The number of halogens is 2. The van der Waals surface area contributed by atoms with Gasteiger partial charge in [0.1, 0.15) is 5.01 Å². The number of rotatable bonds is 1. The molecule has 0 radical (unpaired) electrons. The van der Waals surface area contributed by atoms with Crippen LogP contribution in [0.25, 0.3) is 20.8 Å². The molecule has 0 spiro atoms. The number of nitrogens with zero attached hydrogens (tertiary/aromatic N) is 1. The quantitative estimate of drug-likeness (QED) is 0.653. The van der Waals surface area contributed by atoms with Gasteiger partial charge in [0, 0.05) is 11.3 Å². The van der Waals surface area contributed by atoms with E-state index in [2.05, 4.69) is 4.98 Å². The van der Waals surface area contributed by atoms with Gasteiger partial charge in [-0.2, -0.15) is 0 Å². The molecule has 1 heterocycles. The van der Waals surface area contributed by atoms with E-state index in [0.717, 1.165) is 26.5 Å². The fourth-order valence-corrected chi connectivity index (χ4v) is 3.32. The van der Waals surface area contributed by atoms with E-state index in [1.807, 2.05) is 24.3 Å². The van der Waals surface area contributed by atoms with Gasteiger partial charge >= 0.3 is 0 Å². The first-order chi connectivity index (χ1) is 9.06. The Kier molecular flexibility index (Phi) is 3.01. The van der Waals surface area contributed by atoms with Crippen molar-refractivity contribution in [1.29, 1.82) is 0 Å². The number of nitrogens with two attached hydrogens (primary N) is 2. The number of benzene rings is 2. The summed E-state index contributed by atoms with van der Waals surface area (Å²) in [6, 6.07) is 9.25. The van der Waals surface area contributed by atoms with Crippen molar-refractivity contribution in [1.82, 2.24) is 4.98 Å². The van der Waals surface area contributed by atoms with Crippen LogP contribution in [0.5, 0.6) is 0 Å². The van der Waals surface area contributed by atoms with Crippen LogP contribution in [-0.2, 0) is 0 Å². The Morgan fingerprint density at radius 1 is 1.05 bits per heavy atom. The number of fused-ring (bicyclic) bond motifs is 1. The van der Waals surface area contributed by atoms with Gasteiger partial charge in [0.05, 0.1) is 25.9 Å². The van der Waals surface area contributed by atoms with Crippen molar-refractivity contribution in [2.24, 2.45) is 0 Å². The summed E-state index contributed by atoms with van der Waals surface area (Å²) in [5, 5.41) is 1.74. The summed E-state index contributed by atoms with van der Waals surface area (Å²) in [6.07, 6.45) is 0. The van der Waals surface area contributed by atoms with E-state index in [4.69, 9.17) is 34.7 Å². The van der Waals surface area contributed by atoms with Gasteiger partial charge in [0.15, 0.2) is 0 Å². The number of thiazole rings is 1. The second kappa shape index (κ2) is 4.56. The van der Waals surface area contributed by atoms with Crippen LogP contribution in [0.1, 0.15) is 0 Å². The van der Waals surface area contributed by atoms with E-state index >= 15 is 0 Å².